The quantitative estimate of drug-likeness (QED) is 0.220. The maximum absolute atomic E-state index is 4.76. The third-order valence-corrected chi connectivity index (χ3v) is 9.30. The van der Waals surface area contributed by atoms with E-state index in [1.165, 1.54) is 55.7 Å². The SMILES string of the molecule is CC1(C)C2=C(C=[C+]C=C2)c2ccc(-c3cnc4ncc(-c5ccc6c(c5)C(C)(C)c5ccccc5-6)cc4c3)cc21. The highest BCUT2D eigenvalue weighted by atomic mass is 14.8. The van der Waals surface area contributed by atoms with Crippen LogP contribution >= 0.6 is 0 Å². The molecule has 2 heteroatoms. The van der Waals surface area contributed by atoms with Crippen LogP contribution in [0.25, 0.3) is 50.0 Å². The van der Waals surface area contributed by atoms with Crippen molar-refractivity contribution in [1.29, 1.82) is 0 Å². The van der Waals surface area contributed by atoms with E-state index in [1.54, 1.807) is 0 Å². The molecule has 190 valence electrons. The van der Waals surface area contributed by atoms with Crippen LogP contribution in [0.3, 0.4) is 0 Å². The van der Waals surface area contributed by atoms with Crippen molar-refractivity contribution in [1.82, 2.24) is 9.97 Å². The molecule has 0 saturated carbocycles. The molecule has 0 atom stereocenters. The van der Waals surface area contributed by atoms with E-state index in [2.05, 4.69) is 119 Å². The van der Waals surface area contributed by atoms with Crippen LogP contribution in [0.4, 0.5) is 0 Å². The molecule has 0 unspecified atom stereocenters. The summed E-state index contributed by atoms with van der Waals surface area (Å²) in [5.41, 5.74) is 16.1. The van der Waals surface area contributed by atoms with Crippen LogP contribution in [0.5, 0.6) is 0 Å². The van der Waals surface area contributed by atoms with E-state index in [-0.39, 0.29) is 10.8 Å². The molecule has 0 fully saturated rings. The van der Waals surface area contributed by atoms with Crippen LogP contribution in [-0.2, 0) is 10.8 Å². The number of nitrogens with zero attached hydrogens (tertiary/aromatic N) is 2. The number of aromatic nitrogens is 2. The number of rotatable bonds is 2. The van der Waals surface area contributed by atoms with Crippen LogP contribution in [0.2, 0.25) is 0 Å². The molecule has 3 aromatic carbocycles. The normalized spacial score (nSPS) is 16.9. The maximum atomic E-state index is 4.76. The molecular weight excluding hydrogens is 484 g/mol. The van der Waals surface area contributed by atoms with E-state index < -0.39 is 0 Å². The molecule has 3 aliphatic rings. The van der Waals surface area contributed by atoms with Gasteiger partial charge in [-0.05, 0) is 83.1 Å². The number of allylic oxidation sites excluding steroid dienone is 6. The van der Waals surface area contributed by atoms with Crippen LogP contribution in [0.1, 0.15) is 49.9 Å². The molecule has 5 aromatic rings. The molecule has 0 N–H and O–H groups in total. The molecular formula is C38H29N2+. The number of fused-ring (bicyclic) bond motifs is 6. The Labute approximate surface area is 235 Å². The molecule has 0 spiro atoms. The number of pyridine rings is 2. The van der Waals surface area contributed by atoms with Crippen molar-refractivity contribution in [3.8, 4) is 33.4 Å². The number of hydrogen-bond acceptors (Lipinski definition) is 2. The summed E-state index contributed by atoms with van der Waals surface area (Å²) in [5.74, 6) is 0. The second-order valence-corrected chi connectivity index (χ2v) is 12.3. The highest BCUT2D eigenvalue weighted by Gasteiger charge is 2.42. The first-order valence-electron chi connectivity index (χ1n) is 14.0. The fraction of sp³-hybridized carbons (Fsp3) is 0.158. The predicted octanol–water partition coefficient (Wildman–Crippen LogP) is 9.24. The van der Waals surface area contributed by atoms with Crippen molar-refractivity contribution in [3.63, 3.8) is 0 Å². The lowest BCUT2D eigenvalue weighted by molar-refractivity contribution is 0.654. The van der Waals surface area contributed by atoms with Gasteiger partial charge >= 0.3 is 0 Å². The molecule has 0 bridgehead atoms. The average Bonchev–Trinajstić information content (AvgIpc) is 3.36. The standard InChI is InChI=1S/C38H29N2/c1-37(2)32-11-7-5-9-28(32)30-15-13-23(19-34(30)37)26-17-25-18-27(22-40-36(25)39-21-26)24-14-16-31-29-10-6-8-12-33(29)38(3,4)35(31)20-24/h5,7-22H,1-4H3/q+1. The summed E-state index contributed by atoms with van der Waals surface area (Å²) in [7, 11) is 0. The van der Waals surface area contributed by atoms with E-state index in [9.17, 15) is 0 Å². The Hall–Kier alpha value is -4.65. The lowest BCUT2D eigenvalue weighted by atomic mass is 9.80. The molecule has 2 heterocycles. The summed E-state index contributed by atoms with van der Waals surface area (Å²) in [4.78, 5) is 9.51. The molecule has 40 heavy (non-hydrogen) atoms. The van der Waals surface area contributed by atoms with Crippen molar-refractivity contribution in [2.45, 2.75) is 38.5 Å². The molecule has 8 rings (SSSR count). The monoisotopic (exact) mass is 513 g/mol. The minimum absolute atomic E-state index is 0.0278. The van der Waals surface area contributed by atoms with Crippen LogP contribution in [-0.4, -0.2) is 9.97 Å². The van der Waals surface area contributed by atoms with Gasteiger partial charge in [0.15, 0.2) is 5.65 Å². The van der Waals surface area contributed by atoms with Gasteiger partial charge in [-0.2, -0.15) is 0 Å². The summed E-state index contributed by atoms with van der Waals surface area (Å²) in [6, 6.07) is 26.9. The molecule has 0 radical (unpaired) electrons. The molecule has 2 nitrogen and oxygen atoms in total. The van der Waals surface area contributed by atoms with E-state index in [0.717, 1.165) is 22.2 Å². The first kappa shape index (κ1) is 23.3. The first-order chi connectivity index (χ1) is 19.3. The van der Waals surface area contributed by atoms with Gasteiger partial charge in [0.1, 0.15) is 12.2 Å². The third-order valence-electron chi connectivity index (χ3n) is 9.30. The van der Waals surface area contributed by atoms with Crippen molar-refractivity contribution < 1.29 is 0 Å². The Morgan fingerprint density at radius 1 is 0.600 bits per heavy atom. The molecule has 3 aliphatic carbocycles. The smallest absolute Gasteiger partial charge is 0.159 e. The zero-order valence-electron chi connectivity index (χ0n) is 23.2. The number of benzene rings is 3. The zero-order valence-corrected chi connectivity index (χ0v) is 23.2. The second kappa shape index (κ2) is 7.94. The highest BCUT2D eigenvalue weighted by Crippen LogP contribution is 2.50. The molecule has 0 saturated heterocycles. The largest absolute Gasteiger partial charge is 0.236 e. The van der Waals surface area contributed by atoms with Gasteiger partial charge in [-0.1, -0.05) is 56.3 Å². The first-order valence-corrected chi connectivity index (χ1v) is 14.0. The molecule has 2 aromatic heterocycles. The Bertz CT molecular complexity index is 2000. The van der Waals surface area contributed by atoms with Gasteiger partial charge in [0, 0.05) is 51.4 Å². The summed E-state index contributed by atoms with van der Waals surface area (Å²) in [6.07, 6.45) is 13.5. The Balaban J connectivity index is 1.19. The van der Waals surface area contributed by atoms with E-state index in [1.807, 2.05) is 18.5 Å². The molecule has 0 aliphatic heterocycles. The van der Waals surface area contributed by atoms with E-state index in [4.69, 9.17) is 9.97 Å². The Morgan fingerprint density at radius 2 is 1.23 bits per heavy atom. The van der Waals surface area contributed by atoms with E-state index in [0.29, 0.717) is 0 Å². The van der Waals surface area contributed by atoms with Crippen molar-refractivity contribution >= 4 is 16.6 Å². The Morgan fingerprint density at radius 3 is 1.95 bits per heavy atom. The van der Waals surface area contributed by atoms with Gasteiger partial charge in [0.05, 0.1) is 17.2 Å². The van der Waals surface area contributed by atoms with Gasteiger partial charge in [-0.15, -0.1) is 0 Å². The highest BCUT2D eigenvalue weighted by molar-refractivity contribution is 5.91. The topological polar surface area (TPSA) is 25.8 Å². The summed E-state index contributed by atoms with van der Waals surface area (Å²) in [5, 5.41) is 1.05. The predicted molar refractivity (Wildman–Crippen MR) is 165 cm³/mol. The van der Waals surface area contributed by atoms with Gasteiger partial charge < -0.3 is 0 Å². The molecule has 0 amide bonds. The van der Waals surface area contributed by atoms with Crippen molar-refractivity contribution in [2.24, 2.45) is 0 Å². The van der Waals surface area contributed by atoms with Gasteiger partial charge in [0.2, 0.25) is 0 Å². The van der Waals surface area contributed by atoms with Gasteiger partial charge in [-0.25, -0.2) is 9.97 Å². The fourth-order valence-electron chi connectivity index (χ4n) is 7.04. The van der Waals surface area contributed by atoms with Crippen LogP contribution < -0.4 is 0 Å². The van der Waals surface area contributed by atoms with Gasteiger partial charge in [0.25, 0.3) is 0 Å². The second-order valence-electron chi connectivity index (χ2n) is 12.3. The number of hydrogen-bond donors (Lipinski definition) is 0. The lowest BCUT2D eigenvalue weighted by Gasteiger charge is -2.22. The van der Waals surface area contributed by atoms with E-state index >= 15 is 0 Å². The Kier molecular flexibility index (Phi) is 4.62. The summed E-state index contributed by atoms with van der Waals surface area (Å²) in [6.45, 7) is 9.27. The minimum atomic E-state index is -0.0458. The summed E-state index contributed by atoms with van der Waals surface area (Å²) >= 11 is 0. The van der Waals surface area contributed by atoms with Crippen molar-refractivity contribution in [3.05, 3.63) is 137 Å². The zero-order chi connectivity index (χ0) is 27.2. The fourth-order valence-corrected chi connectivity index (χ4v) is 7.04. The van der Waals surface area contributed by atoms with Crippen molar-refractivity contribution in [2.75, 3.05) is 0 Å². The third kappa shape index (κ3) is 3.14. The van der Waals surface area contributed by atoms with Crippen LogP contribution in [0.15, 0.2) is 109 Å². The summed E-state index contributed by atoms with van der Waals surface area (Å²) < 4.78 is 0. The minimum Gasteiger partial charge on any atom is -0.236 e. The maximum Gasteiger partial charge on any atom is 0.159 e. The van der Waals surface area contributed by atoms with Crippen LogP contribution in [0, 0.1) is 6.08 Å². The van der Waals surface area contributed by atoms with Gasteiger partial charge in [-0.3, -0.25) is 0 Å². The lowest BCUT2D eigenvalue weighted by Crippen LogP contribution is -2.16. The average molecular weight is 514 g/mol.